The number of carbonyl (C=O) groups is 1. The van der Waals surface area contributed by atoms with E-state index in [1.165, 1.54) is 5.01 Å². The lowest BCUT2D eigenvalue weighted by Gasteiger charge is -2.17. The molecule has 1 atom stereocenters. The first-order valence-electron chi connectivity index (χ1n) is 7.98. The monoisotopic (exact) mass is 374 g/mol. The zero-order valence-electron chi connectivity index (χ0n) is 14.7. The number of halogens is 1. The first-order valence-corrected chi connectivity index (χ1v) is 8.36. The third-order valence-electron chi connectivity index (χ3n) is 4.30. The first kappa shape index (κ1) is 18.1. The van der Waals surface area contributed by atoms with Gasteiger partial charge in [0.1, 0.15) is 0 Å². The van der Waals surface area contributed by atoms with Crippen LogP contribution in [0.2, 0.25) is 5.02 Å². The number of benzene rings is 2. The molecule has 0 saturated carbocycles. The van der Waals surface area contributed by atoms with E-state index in [1.807, 2.05) is 24.3 Å². The second-order valence-corrected chi connectivity index (χ2v) is 6.15. The summed E-state index contributed by atoms with van der Waals surface area (Å²) in [6, 6.07) is 10.9. The first-order chi connectivity index (χ1) is 12.6. The molecule has 7 heteroatoms. The summed E-state index contributed by atoms with van der Waals surface area (Å²) in [5, 5.41) is 6.53. The Hall–Kier alpha value is -2.73. The maximum atomic E-state index is 11.5. The van der Waals surface area contributed by atoms with Gasteiger partial charge in [0.05, 0.1) is 33.1 Å². The number of nitrogens with zero attached hydrogens (tertiary/aromatic N) is 2. The van der Waals surface area contributed by atoms with Crippen molar-refractivity contribution in [2.24, 2.45) is 5.10 Å². The summed E-state index contributed by atoms with van der Waals surface area (Å²) >= 11 is 5.96. The van der Waals surface area contributed by atoms with Gasteiger partial charge in [-0.05, 0) is 29.8 Å². The molecule has 1 aliphatic rings. The van der Waals surface area contributed by atoms with E-state index in [-0.39, 0.29) is 6.04 Å². The lowest BCUT2D eigenvalue weighted by molar-refractivity contribution is -0.119. The molecule has 0 bridgehead atoms. The van der Waals surface area contributed by atoms with Crippen LogP contribution in [-0.4, -0.2) is 38.5 Å². The molecule has 26 heavy (non-hydrogen) atoms. The van der Waals surface area contributed by atoms with Gasteiger partial charge in [-0.3, -0.25) is 4.79 Å². The summed E-state index contributed by atoms with van der Waals surface area (Å²) in [6.45, 7) is 0. The van der Waals surface area contributed by atoms with E-state index >= 15 is 0 Å². The Morgan fingerprint density at radius 1 is 1.08 bits per heavy atom. The van der Waals surface area contributed by atoms with Gasteiger partial charge in [0.25, 0.3) is 0 Å². The molecule has 1 amide bonds. The standard InChI is InChI=1S/C19H19ClN2O4/c1-24-17-8-13(9-18(25-2)19(17)26-3)15-10-16(22(11-23)21-15)12-4-6-14(20)7-5-12/h4-9,11,16H,10H2,1-3H3/t16-/m1/s1. The van der Waals surface area contributed by atoms with E-state index in [1.54, 1.807) is 33.5 Å². The molecule has 0 spiro atoms. The van der Waals surface area contributed by atoms with Crippen molar-refractivity contribution in [2.45, 2.75) is 12.5 Å². The highest BCUT2D eigenvalue weighted by molar-refractivity contribution is 6.30. The van der Waals surface area contributed by atoms with Gasteiger partial charge in [0.15, 0.2) is 11.5 Å². The number of carbonyl (C=O) groups excluding carboxylic acids is 1. The van der Waals surface area contributed by atoms with Crippen molar-refractivity contribution in [3.8, 4) is 17.2 Å². The minimum Gasteiger partial charge on any atom is -0.493 e. The van der Waals surface area contributed by atoms with Crippen LogP contribution in [0.1, 0.15) is 23.6 Å². The Bertz CT molecular complexity index is 811. The molecule has 0 saturated heterocycles. The number of methoxy groups -OCH3 is 3. The van der Waals surface area contributed by atoms with Gasteiger partial charge in [-0.15, -0.1) is 0 Å². The van der Waals surface area contributed by atoms with Gasteiger partial charge >= 0.3 is 0 Å². The Kier molecular flexibility index (Phi) is 5.32. The minimum atomic E-state index is -0.182. The maximum Gasteiger partial charge on any atom is 0.230 e. The largest absolute Gasteiger partial charge is 0.493 e. The van der Waals surface area contributed by atoms with Gasteiger partial charge in [-0.2, -0.15) is 5.10 Å². The van der Waals surface area contributed by atoms with Crippen LogP contribution in [0.4, 0.5) is 0 Å². The Morgan fingerprint density at radius 2 is 1.69 bits per heavy atom. The van der Waals surface area contributed by atoms with Crippen molar-refractivity contribution in [3.63, 3.8) is 0 Å². The highest BCUT2D eigenvalue weighted by Gasteiger charge is 2.29. The van der Waals surface area contributed by atoms with Crippen molar-refractivity contribution in [2.75, 3.05) is 21.3 Å². The van der Waals surface area contributed by atoms with Gasteiger partial charge < -0.3 is 14.2 Å². The lowest BCUT2D eigenvalue weighted by atomic mass is 9.98. The molecule has 0 aliphatic carbocycles. The quantitative estimate of drug-likeness (QED) is 0.724. The van der Waals surface area contributed by atoms with Crippen molar-refractivity contribution in [1.29, 1.82) is 0 Å². The smallest absolute Gasteiger partial charge is 0.230 e. The van der Waals surface area contributed by atoms with Crippen LogP contribution in [0.5, 0.6) is 17.2 Å². The molecule has 1 heterocycles. The molecule has 2 aromatic rings. The molecule has 6 nitrogen and oxygen atoms in total. The predicted molar refractivity (Wildman–Crippen MR) is 99.3 cm³/mol. The van der Waals surface area contributed by atoms with Crippen molar-refractivity contribution < 1.29 is 19.0 Å². The summed E-state index contributed by atoms with van der Waals surface area (Å²) in [5.74, 6) is 1.59. The summed E-state index contributed by atoms with van der Waals surface area (Å²) < 4.78 is 16.1. The van der Waals surface area contributed by atoms with E-state index in [9.17, 15) is 4.79 Å². The fourth-order valence-corrected chi connectivity index (χ4v) is 3.13. The van der Waals surface area contributed by atoms with Gasteiger partial charge in [0, 0.05) is 17.0 Å². The summed E-state index contributed by atoms with van der Waals surface area (Å²) in [6.07, 6.45) is 1.29. The molecule has 1 aliphatic heterocycles. The third-order valence-corrected chi connectivity index (χ3v) is 4.55. The fourth-order valence-electron chi connectivity index (χ4n) is 3.00. The van der Waals surface area contributed by atoms with Crippen LogP contribution in [0.15, 0.2) is 41.5 Å². The van der Waals surface area contributed by atoms with E-state index in [0.29, 0.717) is 28.7 Å². The zero-order valence-corrected chi connectivity index (χ0v) is 15.5. The van der Waals surface area contributed by atoms with Crippen molar-refractivity contribution in [3.05, 3.63) is 52.5 Å². The van der Waals surface area contributed by atoms with Crippen LogP contribution >= 0.6 is 11.6 Å². The van der Waals surface area contributed by atoms with Crippen LogP contribution in [0.25, 0.3) is 0 Å². The average Bonchev–Trinajstić information content (AvgIpc) is 3.11. The van der Waals surface area contributed by atoms with Gasteiger partial charge in [-0.1, -0.05) is 23.7 Å². The van der Waals surface area contributed by atoms with Gasteiger partial charge in [-0.25, -0.2) is 5.01 Å². The highest BCUT2D eigenvalue weighted by atomic mass is 35.5. The molecule has 3 rings (SSSR count). The molecule has 0 fully saturated rings. The molecular formula is C19H19ClN2O4. The van der Waals surface area contributed by atoms with E-state index in [2.05, 4.69) is 5.10 Å². The third kappa shape index (κ3) is 3.32. The van der Waals surface area contributed by atoms with Crippen LogP contribution in [0, 0.1) is 0 Å². The predicted octanol–water partition coefficient (Wildman–Crippen LogP) is 3.67. The second kappa shape index (κ2) is 7.66. The lowest BCUT2D eigenvalue weighted by Crippen LogP contribution is -2.17. The normalized spacial score (nSPS) is 16.2. The summed E-state index contributed by atoms with van der Waals surface area (Å²) in [4.78, 5) is 11.5. The summed E-state index contributed by atoms with van der Waals surface area (Å²) in [5.41, 5.74) is 2.53. The molecule has 2 aromatic carbocycles. The average molecular weight is 375 g/mol. The second-order valence-electron chi connectivity index (χ2n) is 5.72. The number of hydrogen-bond donors (Lipinski definition) is 0. The molecule has 0 aromatic heterocycles. The van der Waals surface area contributed by atoms with E-state index in [0.717, 1.165) is 23.2 Å². The molecule has 0 unspecified atom stereocenters. The van der Waals surface area contributed by atoms with Crippen LogP contribution in [-0.2, 0) is 4.79 Å². The number of amides is 1. The Labute approximate surface area is 156 Å². The molecular weight excluding hydrogens is 356 g/mol. The molecule has 0 radical (unpaired) electrons. The zero-order chi connectivity index (χ0) is 18.7. The number of hydrogen-bond acceptors (Lipinski definition) is 5. The van der Waals surface area contributed by atoms with Crippen LogP contribution < -0.4 is 14.2 Å². The highest BCUT2D eigenvalue weighted by Crippen LogP contribution is 2.40. The maximum absolute atomic E-state index is 11.5. The van der Waals surface area contributed by atoms with Crippen molar-refractivity contribution >= 4 is 23.7 Å². The number of rotatable bonds is 6. The van der Waals surface area contributed by atoms with E-state index < -0.39 is 0 Å². The Morgan fingerprint density at radius 3 is 2.19 bits per heavy atom. The molecule has 0 N–H and O–H groups in total. The van der Waals surface area contributed by atoms with Gasteiger partial charge in [0.2, 0.25) is 12.2 Å². The summed E-state index contributed by atoms with van der Waals surface area (Å²) in [7, 11) is 4.68. The van der Waals surface area contributed by atoms with Crippen molar-refractivity contribution in [1.82, 2.24) is 5.01 Å². The number of ether oxygens (including phenoxy) is 3. The SMILES string of the molecule is COc1cc(C2=NN(C=O)[C@@H](c3ccc(Cl)cc3)C2)cc(OC)c1OC. The minimum absolute atomic E-state index is 0.182. The number of hydrazone groups is 1. The topological polar surface area (TPSA) is 60.4 Å². The molecule has 136 valence electrons. The van der Waals surface area contributed by atoms with E-state index in [4.69, 9.17) is 25.8 Å². The Balaban J connectivity index is 1.97. The fraction of sp³-hybridized carbons (Fsp3) is 0.263. The van der Waals surface area contributed by atoms with Crippen LogP contribution in [0.3, 0.4) is 0 Å².